The van der Waals surface area contributed by atoms with Crippen LogP contribution in [-0.4, -0.2) is 24.7 Å². The van der Waals surface area contributed by atoms with Gasteiger partial charge < -0.3 is 10.6 Å². The van der Waals surface area contributed by atoms with Gasteiger partial charge in [0.25, 0.3) is 5.91 Å². The number of nitrogens with one attached hydrogen (secondary N) is 2. The lowest BCUT2D eigenvalue weighted by Crippen LogP contribution is -2.44. The maximum atomic E-state index is 14.0. The normalized spacial score (nSPS) is 23.1. The van der Waals surface area contributed by atoms with Crippen LogP contribution in [0.25, 0.3) is 0 Å². The molecule has 1 heterocycles. The molecule has 1 aromatic rings. The SMILES string of the molecule is O=C(NCc1ccc(Br)cc1F)C1(F)CCNC1. The molecule has 18 heavy (non-hydrogen) atoms. The molecular weight excluding hydrogens is 306 g/mol. The molecule has 1 aliphatic heterocycles. The summed E-state index contributed by atoms with van der Waals surface area (Å²) in [5, 5.41) is 5.23. The Morgan fingerprint density at radius 1 is 1.56 bits per heavy atom. The van der Waals surface area contributed by atoms with Crippen LogP contribution in [0.15, 0.2) is 22.7 Å². The van der Waals surface area contributed by atoms with Crippen molar-refractivity contribution in [2.45, 2.75) is 18.6 Å². The van der Waals surface area contributed by atoms with Gasteiger partial charge in [-0.25, -0.2) is 8.78 Å². The number of hydrogen-bond donors (Lipinski definition) is 2. The molecule has 1 aliphatic rings. The first-order chi connectivity index (χ1) is 8.51. The third-order valence-corrected chi connectivity index (χ3v) is 3.46. The van der Waals surface area contributed by atoms with Gasteiger partial charge in [0, 0.05) is 29.5 Å². The van der Waals surface area contributed by atoms with Crippen molar-refractivity contribution in [3.63, 3.8) is 0 Å². The van der Waals surface area contributed by atoms with Gasteiger partial charge in [0.1, 0.15) is 5.82 Å². The van der Waals surface area contributed by atoms with Gasteiger partial charge in [-0.1, -0.05) is 22.0 Å². The minimum Gasteiger partial charge on any atom is -0.349 e. The highest BCUT2D eigenvalue weighted by atomic mass is 79.9. The molecule has 0 radical (unpaired) electrons. The van der Waals surface area contributed by atoms with Crippen LogP contribution in [0.5, 0.6) is 0 Å². The van der Waals surface area contributed by atoms with E-state index in [0.29, 0.717) is 16.6 Å². The van der Waals surface area contributed by atoms with Gasteiger partial charge in [-0.05, 0) is 18.7 Å². The lowest BCUT2D eigenvalue weighted by Gasteiger charge is -2.17. The zero-order chi connectivity index (χ0) is 13.2. The van der Waals surface area contributed by atoms with Crippen LogP contribution in [0.1, 0.15) is 12.0 Å². The summed E-state index contributed by atoms with van der Waals surface area (Å²) in [6.45, 7) is 0.488. The molecule has 0 aromatic heterocycles. The minimum atomic E-state index is -1.87. The van der Waals surface area contributed by atoms with E-state index in [2.05, 4.69) is 26.6 Å². The number of carbonyl (C=O) groups is 1. The first-order valence-electron chi connectivity index (χ1n) is 5.63. The Balaban J connectivity index is 1.97. The summed E-state index contributed by atoms with van der Waals surface area (Å²) < 4.78 is 28.1. The quantitative estimate of drug-likeness (QED) is 0.894. The number of hydrogen-bond acceptors (Lipinski definition) is 2. The molecule has 2 N–H and O–H groups in total. The van der Waals surface area contributed by atoms with Crippen LogP contribution in [0.4, 0.5) is 8.78 Å². The highest BCUT2D eigenvalue weighted by Gasteiger charge is 2.41. The third-order valence-electron chi connectivity index (χ3n) is 2.96. The molecule has 0 spiro atoms. The number of rotatable bonds is 3. The predicted octanol–water partition coefficient (Wildman–Crippen LogP) is 1.91. The van der Waals surface area contributed by atoms with E-state index in [9.17, 15) is 13.6 Å². The van der Waals surface area contributed by atoms with Crippen LogP contribution in [0.2, 0.25) is 0 Å². The summed E-state index contributed by atoms with van der Waals surface area (Å²) in [4.78, 5) is 11.7. The maximum absolute atomic E-state index is 14.0. The number of halogens is 3. The molecule has 0 saturated carbocycles. The number of alkyl halides is 1. The molecule has 2 rings (SSSR count). The van der Waals surface area contributed by atoms with Gasteiger partial charge in [0.05, 0.1) is 0 Å². The predicted molar refractivity (Wildman–Crippen MR) is 67.3 cm³/mol. The van der Waals surface area contributed by atoms with Crippen LogP contribution in [0, 0.1) is 5.82 Å². The fourth-order valence-corrected chi connectivity index (χ4v) is 2.19. The summed E-state index contributed by atoms with van der Waals surface area (Å²) in [5.74, 6) is -1.11. The Kier molecular flexibility index (Phi) is 3.97. The van der Waals surface area contributed by atoms with Crippen molar-refractivity contribution in [1.29, 1.82) is 0 Å². The fourth-order valence-electron chi connectivity index (χ4n) is 1.85. The fraction of sp³-hybridized carbons (Fsp3) is 0.417. The van der Waals surface area contributed by atoms with Gasteiger partial charge in [-0.15, -0.1) is 0 Å². The summed E-state index contributed by atoms with van der Waals surface area (Å²) in [6, 6.07) is 4.54. The van der Waals surface area contributed by atoms with Gasteiger partial charge in [-0.3, -0.25) is 4.79 Å². The summed E-state index contributed by atoms with van der Waals surface area (Å²) in [7, 11) is 0. The summed E-state index contributed by atoms with van der Waals surface area (Å²) in [6.07, 6.45) is 0.154. The highest BCUT2D eigenvalue weighted by molar-refractivity contribution is 9.10. The second kappa shape index (κ2) is 5.32. The summed E-state index contributed by atoms with van der Waals surface area (Å²) in [5.41, 5.74) is -1.53. The molecule has 1 fully saturated rings. The van der Waals surface area contributed by atoms with Gasteiger partial charge in [-0.2, -0.15) is 0 Å². The smallest absolute Gasteiger partial charge is 0.259 e. The van der Waals surface area contributed by atoms with E-state index in [-0.39, 0.29) is 19.5 Å². The minimum absolute atomic E-state index is 0.0103. The van der Waals surface area contributed by atoms with Crippen LogP contribution in [0.3, 0.4) is 0 Å². The van der Waals surface area contributed by atoms with E-state index in [1.54, 1.807) is 12.1 Å². The highest BCUT2D eigenvalue weighted by Crippen LogP contribution is 2.20. The van der Waals surface area contributed by atoms with Crippen LogP contribution < -0.4 is 10.6 Å². The maximum Gasteiger partial charge on any atom is 0.259 e. The lowest BCUT2D eigenvalue weighted by molar-refractivity contribution is -0.131. The molecule has 1 aromatic carbocycles. The standard InChI is InChI=1S/C12H13BrF2N2O/c13-9-2-1-8(10(14)5-9)6-17-11(18)12(15)3-4-16-7-12/h1-2,5,16H,3-4,6-7H2,(H,17,18). The largest absolute Gasteiger partial charge is 0.349 e. The van der Waals surface area contributed by atoms with E-state index in [4.69, 9.17) is 0 Å². The van der Waals surface area contributed by atoms with Crippen LogP contribution in [-0.2, 0) is 11.3 Å². The van der Waals surface area contributed by atoms with E-state index in [0.717, 1.165) is 0 Å². The number of carbonyl (C=O) groups excluding carboxylic acids is 1. The summed E-state index contributed by atoms with van der Waals surface area (Å²) >= 11 is 3.14. The molecule has 1 saturated heterocycles. The molecule has 0 bridgehead atoms. The Bertz CT molecular complexity index is 461. The van der Waals surface area contributed by atoms with Crippen molar-refractivity contribution in [3.05, 3.63) is 34.1 Å². The second-order valence-electron chi connectivity index (χ2n) is 4.31. The molecular formula is C12H13BrF2N2O. The van der Waals surface area contributed by atoms with Crippen LogP contribution >= 0.6 is 15.9 Å². The zero-order valence-electron chi connectivity index (χ0n) is 9.60. The first-order valence-corrected chi connectivity index (χ1v) is 6.42. The van der Waals surface area contributed by atoms with Gasteiger partial charge in [0.15, 0.2) is 0 Å². The second-order valence-corrected chi connectivity index (χ2v) is 5.23. The number of amides is 1. The van der Waals surface area contributed by atoms with E-state index in [1.807, 2.05) is 0 Å². The van der Waals surface area contributed by atoms with E-state index < -0.39 is 17.4 Å². The monoisotopic (exact) mass is 318 g/mol. The molecule has 3 nitrogen and oxygen atoms in total. The topological polar surface area (TPSA) is 41.1 Å². The van der Waals surface area contributed by atoms with Gasteiger partial charge >= 0.3 is 0 Å². The molecule has 98 valence electrons. The lowest BCUT2D eigenvalue weighted by atomic mass is 10.0. The van der Waals surface area contributed by atoms with Crippen molar-refractivity contribution >= 4 is 21.8 Å². The van der Waals surface area contributed by atoms with E-state index >= 15 is 0 Å². The first kappa shape index (κ1) is 13.4. The average molecular weight is 319 g/mol. The molecule has 0 aliphatic carbocycles. The Morgan fingerprint density at radius 2 is 2.33 bits per heavy atom. The zero-order valence-corrected chi connectivity index (χ0v) is 11.2. The van der Waals surface area contributed by atoms with Crippen molar-refractivity contribution in [2.24, 2.45) is 0 Å². The molecule has 6 heteroatoms. The Morgan fingerprint density at radius 3 is 2.94 bits per heavy atom. The van der Waals surface area contributed by atoms with Crippen molar-refractivity contribution in [3.8, 4) is 0 Å². The molecule has 1 atom stereocenters. The van der Waals surface area contributed by atoms with E-state index in [1.165, 1.54) is 6.07 Å². The molecule has 1 amide bonds. The number of benzene rings is 1. The van der Waals surface area contributed by atoms with Gasteiger partial charge in [0.2, 0.25) is 5.67 Å². The van der Waals surface area contributed by atoms with Crippen molar-refractivity contribution < 1.29 is 13.6 Å². The Labute approximate surface area is 112 Å². The Hall–Kier alpha value is -1.01. The molecule has 1 unspecified atom stereocenters. The van der Waals surface area contributed by atoms with Crippen molar-refractivity contribution in [1.82, 2.24) is 10.6 Å². The average Bonchev–Trinajstić information content (AvgIpc) is 2.76. The third kappa shape index (κ3) is 2.87. The van der Waals surface area contributed by atoms with Crippen molar-refractivity contribution in [2.75, 3.05) is 13.1 Å².